The molecule has 0 aromatic carbocycles. The van der Waals surface area contributed by atoms with Gasteiger partial charge in [-0.1, -0.05) is 0 Å². The Morgan fingerprint density at radius 2 is 2.40 bits per heavy atom. The van der Waals surface area contributed by atoms with Gasteiger partial charge in [0.2, 0.25) is 11.6 Å². The highest BCUT2D eigenvalue weighted by atomic mass is 16.6. The van der Waals surface area contributed by atoms with Gasteiger partial charge in [-0.15, -0.1) is 0 Å². The van der Waals surface area contributed by atoms with Crippen molar-refractivity contribution in [2.45, 2.75) is 12.8 Å². The molecule has 1 unspecified atom stereocenters. The van der Waals surface area contributed by atoms with Crippen LogP contribution in [0.3, 0.4) is 0 Å². The Morgan fingerprint density at radius 1 is 1.60 bits per heavy atom. The highest BCUT2D eigenvalue weighted by Gasteiger charge is 2.28. The molecule has 1 aliphatic heterocycles. The lowest BCUT2D eigenvalue weighted by Gasteiger charge is -2.30. The highest BCUT2D eigenvalue weighted by molar-refractivity contribution is 5.71. The first-order valence-electron chi connectivity index (χ1n) is 4.74. The number of hydrogen-bond donors (Lipinski definition) is 2. The van der Waals surface area contributed by atoms with E-state index in [4.69, 9.17) is 10.8 Å². The molecule has 82 valence electrons. The number of aliphatic carboxylic acids is 1. The molecule has 1 fully saturated rings. The lowest BCUT2D eigenvalue weighted by atomic mass is 9.98. The van der Waals surface area contributed by atoms with Crippen LogP contribution in [0.25, 0.3) is 0 Å². The smallest absolute Gasteiger partial charge is 0.308 e. The van der Waals surface area contributed by atoms with Gasteiger partial charge < -0.3 is 15.7 Å². The molecule has 3 N–H and O–H groups in total. The second-order valence-corrected chi connectivity index (χ2v) is 3.60. The molecular formula is C8H12N4O3. The molecular weight excluding hydrogens is 200 g/mol. The summed E-state index contributed by atoms with van der Waals surface area (Å²) in [6, 6.07) is 0. The Bertz CT molecular complexity index is 365. The number of nitrogens with two attached hydrogens (primary N) is 1. The molecule has 1 aromatic rings. The van der Waals surface area contributed by atoms with Crippen molar-refractivity contribution in [2.75, 3.05) is 23.7 Å². The molecule has 0 saturated carbocycles. The zero-order valence-electron chi connectivity index (χ0n) is 8.09. The Kier molecular flexibility index (Phi) is 2.44. The molecule has 2 heterocycles. The first kappa shape index (κ1) is 9.75. The maximum atomic E-state index is 10.8. The van der Waals surface area contributed by atoms with E-state index in [0.29, 0.717) is 18.8 Å². The predicted octanol–water partition coefficient (Wildman–Crippen LogP) is -0.0472. The van der Waals surface area contributed by atoms with Crippen molar-refractivity contribution in [1.82, 2.24) is 10.3 Å². The number of nitrogens with zero attached hydrogens (tertiary/aromatic N) is 3. The molecule has 1 atom stereocenters. The van der Waals surface area contributed by atoms with Crippen LogP contribution < -0.4 is 10.6 Å². The van der Waals surface area contributed by atoms with Crippen molar-refractivity contribution in [3.8, 4) is 0 Å². The molecule has 7 heteroatoms. The minimum atomic E-state index is -0.783. The van der Waals surface area contributed by atoms with Crippen molar-refractivity contribution in [1.29, 1.82) is 0 Å². The van der Waals surface area contributed by atoms with E-state index < -0.39 is 5.97 Å². The van der Waals surface area contributed by atoms with Gasteiger partial charge in [0.05, 0.1) is 5.92 Å². The number of piperidine rings is 1. The van der Waals surface area contributed by atoms with E-state index >= 15 is 0 Å². The maximum absolute atomic E-state index is 10.8. The van der Waals surface area contributed by atoms with Gasteiger partial charge in [-0.25, -0.2) is 4.63 Å². The minimum Gasteiger partial charge on any atom is -0.481 e. The van der Waals surface area contributed by atoms with Crippen LogP contribution in [0.15, 0.2) is 4.63 Å². The van der Waals surface area contributed by atoms with E-state index in [2.05, 4.69) is 14.9 Å². The zero-order chi connectivity index (χ0) is 10.8. The number of nitrogen functional groups attached to an aromatic ring is 1. The molecule has 0 bridgehead atoms. The molecule has 2 rings (SSSR count). The second-order valence-electron chi connectivity index (χ2n) is 3.60. The molecule has 1 aromatic heterocycles. The summed E-state index contributed by atoms with van der Waals surface area (Å²) >= 11 is 0. The van der Waals surface area contributed by atoms with E-state index in [0.717, 1.165) is 13.0 Å². The molecule has 1 aliphatic rings. The fraction of sp³-hybridized carbons (Fsp3) is 0.625. The van der Waals surface area contributed by atoms with Gasteiger partial charge in [0.1, 0.15) is 0 Å². The van der Waals surface area contributed by atoms with Gasteiger partial charge in [0.15, 0.2) is 0 Å². The molecule has 1 saturated heterocycles. The summed E-state index contributed by atoms with van der Waals surface area (Å²) in [7, 11) is 0. The fourth-order valence-corrected chi connectivity index (χ4v) is 1.78. The number of rotatable bonds is 2. The van der Waals surface area contributed by atoms with Crippen LogP contribution in [-0.4, -0.2) is 34.5 Å². The summed E-state index contributed by atoms with van der Waals surface area (Å²) in [5.41, 5.74) is 5.54. The largest absolute Gasteiger partial charge is 0.481 e. The average molecular weight is 212 g/mol. The van der Waals surface area contributed by atoms with Gasteiger partial charge in [0.25, 0.3) is 0 Å². The summed E-state index contributed by atoms with van der Waals surface area (Å²) < 4.78 is 4.48. The first-order valence-corrected chi connectivity index (χ1v) is 4.74. The van der Waals surface area contributed by atoms with Crippen LogP contribution >= 0.6 is 0 Å². The number of anilines is 2. The molecule has 7 nitrogen and oxygen atoms in total. The molecule has 0 aliphatic carbocycles. The van der Waals surface area contributed by atoms with Gasteiger partial charge in [0, 0.05) is 13.1 Å². The Balaban J connectivity index is 2.11. The van der Waals surface area contributed by atoms with E-state index in [-0.39, 0.29) is 11.7 Å². The summed E-state index contributed by atoms with van der Waals surface area (Å²) in [6.45, 7) is 1.15. The minimum absolute atomic E-state index is 0.209. The Morgan fingerprint density at radius 3 is 3.00 bits per heavy atom. The summed E-state index contributed by atoms with van der Waals surface area (Å²) in [4.78, 5) is 12.6. The monoisotopic (exact) mass is 212 g/mol. The Hall–Kier alpha value is -1.79. The number of aromatic nitrogens is 2. The van der Waals surface area contributed by atoms with Gasteiger partial charge >= 0.3 is 5.97 Å². The SMILES string of the molecule is Nc1nonc1N1CCCC(C(=O)O)C1. The quantitative estimate of drug-likeness (QED) is 0.708. The van der Waals surface area contributed by atoms with Crippen molar-refractivity contribution in [3.63, 3.8) is 0 Å². The van der Waals surface area contributed by atoms with E-state index in [1.807, 2.05) is 0 Å². The summed E-state index contributed by atoms with van der Waals surface area (Å²) in [6.07, 6.45) is 1.50. The second kappa shape index (κ2) is 3.76. The summed E-state index contributed by atoms with van der Waals surface area (Å²) in [5.74, 6) is -0.494. The van der Waals surface area contributed by atoms with Crippen LogP contribution in [0.2, 0.25) is 0 Å². The van der Waals surface area contributed by atoms with E-state index in [9.17, 15) is 4.79 Å². The summed E-state index contributed by atoms with van der Waals surface area (Å²) in [5, 5.41) is 16.0. The van der Waals surface area contributed by atoms with Crippen LogP contribution in [0.4, 0.5) is 11.6 Å². The number of carboxylic acids is 1. The highest BCUT2D eigenvalue weighted by Crippen LogP contribution is 2.24. The van der Waals surface area contributed by atoms with E-state index in [1.54, 1.807) is 4.90 Å². The van der Waals surface area contributed by atoms with Crippen LogP contribution in [0.5, 0.6) is 0 Å². The fourth-order valence-electron chi connectivity index (χ4n) is 1.78. The lowest BCUT2D eigenvalue weighted by molar-refractivity contribution is -0.141. The number of carboxylic acid groups (broad SMARTS) is 1. The molecule has 0 spiro atoms. The van der Waals surface area contributed by atoms with Crippen molar-refractivity contribution in [2.24, 2.45) is 5.92 Å². The van der Waals surface area contributed by atoms with Crippen LogP contribution in [0, 0.1) is 5.92 Å². The third kappa shape index (κ3) is 1.85. The van der Waals surface area contributed by atoms with Gasteiger partial charge in [-0.05, 0) is 23.2 Å². The van der Waals surface area contributed by atoms with Crippen molar-refractivity contribution in [3.05, 3.63) is 0 Å². The first-order chi connectivity index (χ1) is 7.18. The van der Waals surface area contributed by atoms with E-state index in [1.165, 1.54) is 0 Å². The number of carbonyl (C=O) groups is 1. The molecule has 0 radical (unpaired) electrons. The van der Waals surface area contributed by atoms with Crippen LogP contribution in [0.1, 0.15) is 12.8 Å². The molecule has 15 heavy (non-hydrogen) atoms. The number of hydrogen-bond acceptors (Lipinski definition) is 6. The van der Waals surface area contributed by atoms with Crippen molar-refractivity contribution >= 4 is 17.6 Å². The maximum Gasteiger partial charge on any atom is 0.308 e. The van der Waals surface area contributed by atoms with Crippen LogP contribution in [-0.2, 0) is 4.79 Å². The third-order valence-corrected chi connectivity index (χ3v) is 2.57. The third-order valence-electron chi connectivity index (χ3n) is 2.57. The average Bonchev–Trinajstić information content (AvgIpc) is 2.64. The Labute approximate surface area is 85.8 Å². The standard InChI is InChI=1S/C8H12N4O3/c9-6-7(11-15-10-6)12-3-1-2-5(4-12)8(13)14/h5H,1-4H2,(H2,9,10)(H,13,14). The topological polar surface area (TPSA) is 105 Å². The van der Waals surface area contributed by atoms with Gasteiger partial charge in [-0.3, -0.25) is 4.79 Å². The zero-order valence-corrected chi connectivity index (χ0v) is 8.09. The predicted molar refractivity (Wildman–Crippen MR) is 51.3 cm³/mol. The normalized spacial score (nSPS) is 21.6. The lowest BCUT2D eigenvalue weighted by Crippen LogP contribution is -2.39. The van der Waals surface area contributed by atoms with Crippen molar-refractivity contribution < 1.29 is 14.5 Å². The van der Waals surface area contributed by atoms with Gasteiger partial charge in [-0.2, -0.15) is 0 Å². The molecule has 0 amide bonds.